The van der Waals surface area contributed by atoms with Crippen molar-refractivity contribution in [3.63, 3.8) is 0 Å². The van der Waals surface area contributed by atoms with Crippen molar-refractivity contribution in [2.24, 2.45) is 5.92 Å². The van der Waals surface area contributed by atoms with E-state index in [1.54, 1.807) is 11.8 Å². The van der Waals surface area contributed by atoms with Gasteiger partial charge in [0.2, 0.25) is 5.91 Å². The van der Waals surface area contributed by atoms with Gasteiger partial charge in [-0.2, -0.15) is 0 Å². The second-order valence-electron chi connectivity index (χ2n) is 5.05. The van der Waals surface area contributed by atoms with Crippen LogP contribution in [-0.4, -0.2) is 30.2 Å². The number of thioether (sulfide) groups is 1. The number of amides is 1. The first-order chi connectivity index (χ1) is 8.70. The van der Waals surface area contributed by atoms with Crippen molar-refractivity contribution in [2.75, 3.05) is 19.3 Å². The zero-order valence-electron chi connectivity index (χ0n) is 11.2. The highest BCUT2D eigenvalue weighted by Gasteiger charge is 2.20. The molecule has 0 bridgehead atoms. The first kappa shape index (κ1) is 13.5. The molecule has 98 valence electrons. The van der Waals surface area contributed by atoms with Crippen LogP contribution in [0, 0.1) is 5.92 Å². The molecule has 1 aliphatic heterocycles. The fourth-order valence-electron chi connectivity index (χ4n) is 2.38. The Balaban J connectivity index is 1.98. The lowest BCUT2D eigenvalue weighted by Crippen LogP contribution is -2.38. The van der Waals surface area contributed by atoms with Crippen molar-refractivity contribution in [1.82, 2.24) is 4.90 Å². The Morgan fingerprint density at radius 3 is 2.67 bits per heavy atom. The lowest BCUT2D eigenvalue weighted by Gasteiger charge is -2.30. The molecule has 0 N–H and O–H groups in total. The third-order valence-electron chi connectivity index (χ3n) is 3.67. The van der Waals surface area contributed by atoms with Crippen molar-refractivity contribution in [3.05, 3.63) is 29.8 Å². The van der Waals surface area contributed by atoms with Gasteiger partial charge >= 0.3 is 0 Å². The molecule has 1 aromatic carbocycles. The van der Waals surface area contributed by atoms with E-state index in [0.29, 0.717) is 6.42 Å². The van der Waals surface area contributed by atoms with Crippen LogP contribution < -0.4 is 0 Å². The van der Waals surface area contributed by atoms with E-state index in [0.717, 1.165) is 37.4 Å². The van der Waals surface area contributed by atoms with E-state index in [2.05, 4.69) is 25.3 Å². The smallest absolute Gasteiger partial charge is 0.227 e. The highest BCUT2D eigenvalue weighted by molar-refractivity contribution is 7.98. The summed E-state index contributed by atoms with van der Waals surface area (Å²) >= 11 is 1.71. The molecule has 1 heterocycles. The minimum atomic E-state index is 0.281. The fraction of sp³-hybridized carbons (Fsp3) is 0.533. The van der Waals surface area contributed by atoms with Crippen LogP contribution in [0.3, 0.4) is 0 Å². The maximum atomic E-state index is 12.3. The monoisotopic (exact) mass is 263 g/mol. The number of nitrogens with zero attached hydrogens (tertiary/aromatic N) is 1. The molecule has 1 aromatic rings. The molecule has 2 nitrogen and oxygen atoms in total. The van der Waals surface area contributed by atoms with Crippen LogP contribution in [-0.2, 0) is 11.2 Å². The molecule has 1 fully saturated rings. The van der Waals surface area contributed by atoms with Crippen LogP contribution in [0.15, 0.2) is 29.2 Å². The van der Waals surface area contributed by atoms with Crippen LogP contribution in [0.1, 0.15) is 25.3 Å². The SMILES string of the molecule is CSc1ccccc1CC(=O)N1CCC(C)CC1. The lowest BCUT2D eigenvalue weighted by atomic mass is 9.98. The average molecular weight is 263 g/mol. The van der Waals surface area contributed by atoms with Gasteiger partial charge in [-0.05, 0) is 36.6 Å². The Morgan fingerprint density at radius 2 is 2.00 bits per heavy atom. The van der Waals surface area contributed by atoms with Crippen LogP contribution in [0.5, 0.6) is 0 Å². The topological polar surface area (TPSA) is 20.3 Å². The van der Waals surface area contributed by atoms with Crippen molar-refractivity contribution in [3.8, 4) is 0 Å². The summed E-state index contributed by atoms with van der Waals surface area (Å²) in [5, 5.41) is 0. The molecule has 0 unspecified atom stereocenters. The molecule has 0 spiro atoms. The maximum absolute atomic E-state index is 12.3. The average Bonchev–Trinajstić information content (AvgIpc) is 2.40. The molecule has 18 heavy (non-hydrogen) atoms. The number of carbonyl (C=O) groups excluding carboxylic acids is 1. The molecule has 1 aliphatic rings. The van der Waals surface area contributed by atoms with E-state index in [4.69, 9.17) is 0 Å². The molecule has 1 amide bonds. The number of carbonyl (C=O) groups is 1. The highest BCUT2D eigenvalue weighted by Crippen LogP contribution is 2.22. The molecule has 0 aliphatic carbocycles. The van der Waals surface area contributed by atoms with E-state index < -0.39 is 0 Å². The summed E-state index contributed by atoms with van der Waals surface area (Å²) in [4.78, 5) is 15.5. The van der Waals surface area contributed by atoms with Crippen LogP contribution in [0.2, 0.25) is 0 Å². The quantitative estimate of drug-likeness (QED) is 0.781. The normalized spacial score (nSPS) is 16.9. The minimum absolute atomic E-state index is 0.281. The third kappa shape index (κ3) is 3.29. The van der Waals surface area contributed by atoms with E-state index in [-0.39, 0.29) is 5.91 Å². The summed E-state index contributed by atoms with van der Waals surface area (Å²) in [6.07, 6.45) is 4.91. The largest absolute Gasteiger partial charge is 0.342 e. The number of rotatable bonds is 3. The van der Waals surface area contributed by atoms with Gasteiger partial charge in [0.25, 0.3) is 0 Å². The first-order valence-electron chi connectivity index (χ1n) is 6.60. The van der Waals surface area contributed by atoms with Crippen LogP contribution in [0.4, 0.5) is 0 Å². The van der Waals surface area contributed by atoms with Crippen LogP contribution >= 0.6 is 11.8 Å². The number of benzene rings is 1. The number of piperidine rings is 1. The number of likely N-dealkylation sites (tertiary alicyclic amines) is 1. The van der Waals surface area contributed by atoms with Gasteiger partial charge in [-0.3, -0.25) is 4.79 Å². The summed E-state index contributed by atoms with van der Waals surface area (Å²) in [6, 6.07) is 8.20. The molecule has 0 radical (unpaired) electrons. The van der Waals surface area contributed by atoms with Gasteiger partial charge in [0, 0.05) is 18.0 Å². The van der Waals surface area contributed by atoms with Crippen molar-refractivity contribution < 1.29 is 4.79 Å². The predicted octanol–water partition coefficient (Wildman–Crippen LogP) is 3.21. The molecule has 0 aromatic heterocycles. The van der Waals surface area contributed by atoms with E-state index in [1.165, 1.54) is 4.90 Å². The summed E-state index contributed by atoms with van der Waals surface area (Å²) in [5.41, 5.74) is 1.16. The Labute approximate surface area is 114 Å². The van der Waals surface area contributed by atoms with Gasteiger partial charge in [-0.1, -0.05) is 25.1 Å². The van der Waals surface area contributed by atoms with Gasteiger partial charge in [0.1, 0.15) is 0 Å². The van der Waals surface area contributed by atoms with Gasteiger partial charge < -0.3 is 4.90 Å². The minimum Gasteiger partial charge on any atom is -0.342 e. The Morgan fingerprint density at radius 1 is 1.33 bits per heavy atom. The summed E-state index contributed by atoms with van der Waals surface area (Å²) in [6.45, 7) is 4.13. The standard InChI is InChI=1S/C15H21NOS/c1-12-7-9-16(10-8-12)15(17)11-13-5-3-4-6-14(13)18-2/h3-6,12H,7-11H2,1-2H3. The summed E-state index contributed by atoms with van der Waals surface area (Å²) in [5.74, 6) is 1.05. The molecule has 3 heteroatoms. The number of hydrogen-bond donors (Lipinski definition) is 0. The zero-order chi connectivity index (χ0) is 13.0. The molecule has 0 saturated carbocycles. The third-order valence-corrected chi connectivity index (χ3v) is 4.51. The Kier molecular flexibility index (Phi) is 4.70. The Hall–Kier alpha value is -0.960. The molecule has 0 atom stereocenters. The van der Waals surface area contributed by atoms with Gasteiger partial charge in [0.05, 0.1) is 6.42 Å². The van der Waals surface area contributed by atoms with Crippen molar-refractivity contribution in [2.45, 2.75) is 31.1 Å². The van der Waals surface area contributed by atoms with Crippen molar-refractivity contribution in [1.29, 1.82) is 0 Å². The summed E-state index contributed by atoms with van der Waals surface area (Å²) < 4.78 is 0. The molecule has 2 rings (SSSR count). The van der Waals surface area contributed by atoms with E-state index in [9.17, 15) is 4.79 Å². The second kappa shape index (κ2) is 6.28. The molecular weight excluding hydrogens is 242 g/mol. The van der Waals surface area contributed by atoms with Gasteiger partial charge in [-0.25, -0.2) is 0 Å². The maximum Gasteiger partial charge on any atom is 0.227 e. The number of hydrogen-bond acceptors (Lipinski definition) is 2. The zero-order valence-corrected chi connectivity index (χ0v) is 12.0. The molecular formula is C15H21NOS. The van der Waals surface area contributed by atoms with Crippen molar-refractivity contribution >= 4 is 17.7 Å². The molecule has 1 saturated heterocycles. The lowest BCUT2D eigenvalue weighted by molar-refractivity contribution is -0.131. The van der Waals surface area contributed by atoms with Gasteiger partial charge in [-0.15, -0.1) is 11.8 Å². The summed E-state index contributed by atoms with van der Waals surface area (Å²) in [7, 11) is 0. The predicted molar refractivity (Wildman–Crippen MR) is 76.9 cm³/mol. The van der Waals surface area contributed by atoms with Crippen LogP contribution in [0.25, 0.3) is 0 Å². The van der Waals surface area contributed by atoms with E-state index in [1.807, 2.05) is 17.0 Å². The Bertz CT molecular complexity index is 411. The second-order valence-corrected chi connectivity index (χ2v) is 5.90. The highest BCUT2D eigenvalue weighted by atomic mass is 32.2. The fourth-order valence-corrected chi connectivity index (χ4v) is 3.00. The van der Waals surface area contributed by atoms with Gasteiger partial charge in [0.15, 0.2) is 0 Å². The first-order valence-corrected chi connectivity index (χ1v) is 7.83. The van der Waals surface area contributed by atoms with E-state index >= 15 is 0 Å².